The van der Waals surface area contributed by atoms with Crippen molar-refractivity contribution in [1.82, 2.24) is 0 Å². The van der Waals surface area contributed by atoms with E-state index in [0.717, 1.165) is 23.9 Å². The number of hydrogen-bond donors (Lipinski definition) is 1. The molecule has 24 heavy (non-hydrogen) atoms. The van der Waals surface area contributed by atoms with Gasteiger partial charge in [-0.15, -0.1) is 0 Å². The maximum atomic E-state index is 5.91. The van der Waals surface area contributed by atoms with Crippen LogP contribution in [0.4, 0.5) is 5.69 Å². The van der Waals surface area contributed by atoms with Gasteiger partial charge in [-0.1, -0.05) is 56.2 Å². The summed E-state index contributed by atoms with van der Waals surface area (Å²) in [6.45, 7) is 4.39. The third kappa shape index (κ3) is 4.20. The van der Waals surface area contributed by atoms with Gasteiger partial charge in [0.05, 0.1) is 0 Å². The topological polar surface area (TPSA) is 26.0 Å². The molecule has 3 rings (SSSR count). The van der Waals surface area contributed by atoms with Crippen molar-refractivity contribution < 1.29 is 0 Å². The number of rotatable bonds is 5. The molecule has 1 saturated carbocycles. The first kappa shape index (κ1) is 17.1. The second kappa shape index (κ2) is 7.88. The van der Waals surface area contributed by atoms with Crippen LogP contribution in [0.25, 0.3) is 0 Å². The van der Waals surface area contributed by atoms with Crippen LogP contribution in [0.5, 0.6) is 0 Å². The Morgan fingerprint density at radius 2 is 1.58 bits per heavy atom. The van der Waals surface area contributed by atoms with Gasteiger partial charge >= 0.3 is 0 Å². The lowest BCUT2D eigenvalue weighted by Gasteiger charge is -2.28. The van der Waals surface area contributed by atoms with Crippen molar-refractivity contribution in [2.24, 2.45) is 5.92 Å². The molecule has 0 spiro atoms. The molecule has 0 heterocycles. The molecule has 2 aromatic rings. The summed E-state index contributed by atoms with van der Waals surface area (Å²) in [4.78, 5) is 0. The molecule has 0 radical (unpaired) electrons. The minimum Gasteiger partial charge on any atom is -0.399 e. The molecule has 1 nitrogen and oxygen atoms in total. The molecular formula is C23H31N. The highest BCUT2D eigenvalue weighted by atomic mass is 14.5. The van der Waals surface area contributed by atoms with E-state index in [2.05, 4.69) is 50.2 Å². The molecule has 0 aromatic heterocycles. The van der Waals surface area contributed by atoms with Gasteiger partial charge in [0.15, 0.2) is 0 Å². The zero-order valence-electron chi connectivity index (χ0n) is 15.2. The first-order valence-corrected chi connectivity index (χ1v) is 9.59. The lowest BCUT2D eigenvalue weighted by molar-refractivity contribution is 0.308. The van der Waals surface area contributed by atoms with Crippen LogP contribution in [0.2, 0.25) is 0 Å². The summed E-state index contributed by atoms with van der Waals surface area (Å²) in [5, 5.41) is 0. The summed E-state index contributed by atoms with van der Waals surface area (Å²) in [5.74, 6) is 1.77. The Morgan fingerprint density at radius 3 is 2.21 bits per heavy atom. The average molecular weight is 322 g/mol. The molecule has 0 saturated heterocycles. The molecule has 0 atom stereocenters. The van der Waals surface area contributed by atoms with Crippen molar-refractivity contribution in [3.63, 3.8) is 0 Å². The third-order valence-corrected chi connectivity index (χ3v) is 5.74. The molecule has 1 fully saturated rings. The van der Waals surface area contributed by atoms with Crippen LogP contribution in [0, 0.1) is 12.8 Å². The molecular weight excluding hydrogens is 290 g/mol. The van der Waals surface area contributed by atoms with Gasteiger partial charge in [-0.3, -0.25) is 0 Å². The van der Waals surface area contributed by atoms with Crippen LogP contribution < -0.4 is 5.73 Å². The zero-order chi connectivity index (χ0) is 16.9. The molecule has 0 unspecified atom stereocenters. The molecule has 2 N–H and O–H groups in total. The second-order valence-corrected chi connectivity index (χ2v) is 7.62. The fourth-order valence-corrected chi connectivity index (χ4v) is 4.18. The number of nitrogen functional groups attached to an aromatic ring is 1. The van der Waals surface area contributed by atoms with Crippen LogP contribution in [0.15, 0.2) is 42.5 Å². The Kier molecular flexibility index (Phi) is 5.60. The van der Waals surface area contributed by atoms with E-state index in [9.17, 15) is 0 Å². The molecule has 1 heteroatoms. The molecule has 1 aliphatic carbocycles. The Balaban J connectivity index is 1.60. The summed E-state index contributed by atoms with van der Waals surface area (Å²) >= 11 is 0. The fourth-order valence-electron chi connectivity index (χ4n) is 4.18. The summed E-state index contributed by atoms with van der Waals surface area (Å²) in [6, 6.07) is 15.7. The maximum Gasteiger partial charge on any atom is 0.0343 e. The lowest BCUT2D eigenvalue weighted by Crippen LogP contribution is -2.13. The minimum absolute atomic E-state index is 0.783. The molecule has 0 aliphatic heterocycles. The van der Waals surface area contributed by atoms with E-state index in [1.165, 1.54) is 55.2 Å². The zero-order valence-corrected chi connectivity index (χ0v) is 15.2. The van der Waals surface area contributed by atoms with E-state index in [1.54, 1.807) is 5.56 Å². The van der Waals surface area contributed by atoms with Crippen molar-refractivity contribution in [1.29, 1.82) is 0 Å². The van der Waals surface area contributed by atoms with E-state index in [-0.39, 0.29) is 0 Å². The maximum absolute atomic E-state index is 5.91. The van der Waals surface area contributed by atoms with Gasteiger partial charge in [-0.05, 0) is 79.2 Å². The van der Waals surface area contributed by atoms with Crippen LogP contribution in [0.1, 0.15) is 73.6 Å². The highest BCUT2D eigenvalue weighted by molar-refractivity contribution is 5.48. The van der Waals surface area contributed by atoms with Crippen LogP contribution in [0.3, 0.4) is 0 Å². The molecule has 0 amide bonds. The third-order valence-electron chi connectivity index (χ3n) is 5.74. The first-order valence-electron chi connectivity index (χ1n) is 9.59. The molecule has 2 aromatic carbocycles. The van der Waals surface area contributed by atoms with Crippen LogP contribution in [-0.2, 0) is 6.42 Å². The average Bonchev–Trinajstić information content (AvgIpc) is 2.60. The Morgan fingerprint density at radius 1 is 0.917 bits per heavy atom. The van der Waals surface area contributed by atoms with Crippen LogP contribution >= 0.6 is 0 Å². The van der Waals surface area contributed by atoms with Gasteiger partial charge in [0.2, 0.25) is 0 Å². The van der Waals surface area contributed by atoms with Crippen molar-refractivity contribution in [3.05, 3.63) is 64.7 Å². The smallest absolute Gasteiger partial charge is 0.0343 e. The number of nitrogens with two attached hydrogens (primary N) is 1. The molecule has 128 valence electrons. The van der Waals surface area contributed by atoms with Gasteiger partial charge in [0.25, 0.3) is 0 Å². The van der Waals surface area contributed by atoms with E-state index in [1.807, 2.05) is 6.07 Å². The SMILES string of the molecule is CCCC1CCC(c2ccc(Cc3ccc(N)c(C)c3)cc2)CC1. The normalized spacial score (nSPS) is 20.9. The quantitative estimate of drug-likeness (QED) is 0.648. The highest BCUT2D eigenvalue weighted by Gasteiger charge is 2.21. The summed E-state index contributed by atoms with van der Waals surface area (Å²) in [5.41, 5.74) is 12.2. The van der Waals surface area contributed by atoms with E-state index >= 15 is 0 Å². The van der Waals surface area contributed by atoms with Gasteiger partial charge in [0.1, 0.15) is 0 Å². The Hall–Kier alpha value is -1.76. The predicted molar refractivity (Wildman–Crippen MR) is 104 cm³/mol. The highest BCUT2D eigenvalue weighted by Crippen LogP contribution is 2.37. The number of benzene rings is 2. The lowest BCUT2D eigenvalue weighted by atomic mass is 9.77. The largest absolute Gasteiger partial charge is 0.399 e. The van der Waals surface area contributed by atoms with Crippen molar-refractivity contribution in [2.75, 3.05) is 5.73 Å². The second-order valence-electron chi connectivity index (χ2n) is 7.62. The van der Waals surface area contributed by atoms with Gasteiger partial charge in [0, 0.05) is 5.69 Å². The predicted octanol–water partition coefficient (Wildman–Crippen LogP) is 6.24. The van der Waals surface area contributed by atoms with Crippen molar-refractivity contribution in [3.8, 4) is 0 Å². The number of aryl methyl sites for hydroxylation is 1. The van der Waals surface area contributed by atoms with E-state index in [4.69, 9.17) is 5.73 Å². The summed E-state index contributed by atoms with van der Waals surface area (Å²) in [6.07, 6.45) is 9.35. The number of hydrogen-bond acceptors (Lipinski definition) is 1. The van der Waals surface area contributed by atoms with Crippen LogP contribution in [-0.4, -0.2) is 0 Å². The summed E-state index contributed by atoms with van der Waals surface area (Å²) in [7, 11) is 0. The monoisotopic (exact) mass is 321 g/mol. The Bertz CT molecular complexity index is 648. The number of anilines is 1. The van der Waals surface area contributed by atoms with Gasteiger partial charge < -0.3 is 5.73 Å². The van der Waals surface area contributed by atoms with Crippen molar-refractivity contribution in [2.45, 2.75) is 64.7 Å². The van der Waals surface area contributed by atoms with Crippen molar-refractivity contribution >= 4 is 5.69 Å². The van der Waals surface area contributed by atoms with Gasteiger partial charge in [-0.2, -0.15) is 0 Å². The molecule has 0 bridgehead atoms. The minimum atomic E-state index is 0.783. The standard InChI is InChI=1S/C23H31N/c1-3-4-18-5-10-21(11-6-18)22-12-7-19(8-13-22)16-20-9-14-23(24)17(2)15-20/h7-9,12-15,18,21H,3-6,10-11,16,24H2,1-2H3. The van der Waals surface area contributed by atoms with E-state index in [0.29, 0.717) is 0 Å². The molecule has 1 aliphatic rings. The van der Waals surface area contributed by atoms with E-state index < -0.39 is 0 Å². The first-order chi connectivity index (χ1) is 11.7. The van der Waals surface area contributed by atoms with Gasteiger partial charge in [-0.25, -0.2) is 0 Å². The fraction of sp³-hybridized carbons (Fsp3) is 0.478. The Labute approximate surface area is 147 Å². The summed E-state index contributed by atoms with van der Waals surface area (Å²) < 4.78 is 0.